The van der Waals surface area contributed by atoms with Crippen LogP contribution in [0.5, 0.6) is 0 Å². The van der Waals surface area contributed by atoms with Gasteiger partial charge in [-0.2, -0.15) is 0 Å². The summed E-state index contributed by atoms with van der Waals surface area (Å²) in [7, 11) is 0. The fraction of sp³-hybridized carbons (Fsp3) is 0.467. The number of piperidine rings is 1. The zero-order chi connectivity index (χ0) is 28.4. The number of likely N-dealkylation sites (tertiary alicyclic amines) is 1. The number of benzene rings is 2. The summed E-state index contributed by atoms with van der Waals surface area (Å²) in [5.74, 6) is -1.22. The number of halogens is 1. The normalized spacial score (nSPS) is 20.6. The van der Waals surface area contributed by atoms with E-state index in [0.29, 0.717) is 57.7 Å². The number of piperazine rings is 1. The fourth-order valence-electron chi connectivity index (χ4n) is 5.86. The van der Waals surface area contributed by atoms with Gasteiger partial charge in [0.15, 0.2) is 0 Å². The Kier molecular flexibility index (Phi) is 7.89. The topological polar surface area (TPSA) is 90.5 Å². The molecule has 5 rings (SSSR count). The summed E-state index contributed by atoms with van der Waals surface area (Å²) in [6.45, 7) is 5.94. The van der Waals surface area contributed by atoms with Crippen LogP contribution in [0.15, 0.2) is 48.5 Å². The standard InChI is InChI=1S/C30H35FN4O5/c1-3-22-4-6-23(7-5-22)27(37)33-14-12-30(13-15-33)35(28(38)24-8-10-25(31)11-9-24)26(20-40-30)29(39)34-18-16-32(17-19-34)21(2)36/h4-11,26H,3,12-20H2,1-2H3/t26-/m1/s1. The molecule has 3 fully saturated rings. The van der Waals surface area contributed by atoms with Gasteiger partial charge in [0.25, 0.3) is 11.8 Å². The second kappa shape index (κ2) is 11.4. The van der Waals surface area contributed by atoms with E-state index in [9.17, 15) is 23.6 Å². The van der Waals surface area contributed by atoms with Crippen LogP contribution >= 0.6 is 0 Å². The molecule has 3 heterocycles. The molecule has 2 aromatic rings. The molecule has 1 atom stereocenters. The van der Waals surface area contributed by atoms with Crippen molar-refractivity contribution in [3.05, 3.63) is 71.0 Å². The molecule has 0 N–H and O–H groups in total. The Morgan fingerprint density at radius 2 is 1.35 bits per heavy atom. The van der Waals surface area contributed by atoms with Crippen LogP contribution in [0, 0.1) is 5.82 Å². The SMILES string of the molecule is CCc1ccc(C(=O)N2CCC3(CC2)OC[C@H](C(=O)N2CCN(C(C)=O)CC2)N3C(=O)c2ccc(F)cc2)cc1. The van der Waals surface area contributed by atoms with E-state index in [2.05, 4.69) is 6.92 Å². The van der Waals surface area contributed by atoms with Crippen molar-refractivity contribution >= 4 is 23.6 Å². The molecule has 0 radical (unpaired) electrons. The molecule has 4 amide bonds. The average Bonchev–Trinajstić information content (AvgIpc) is 3.35. The molecule has 3 aliphatic rings. The van der Waals surface area contributed by atoms with Gasteiger partial charge >= 0.3 is 0 Å². The van der Waals surface area contributed by atoms with Crippen LogP contribution in [-0.2, 0) is 20.7 Å². The molecule has 2 aromatic carbocycles. The van der Waals surface area contributed by atoms with Crippen LogP contribution in [0.2, 0.25) is 0 Å². The van der Waals surface area contributed by atoms with E-state index in [1.54, 1.807) is 14.7 Å². The third-order valence-electron chi connectivity index (χ3n) is 8.33. The van der Waals surface area contributed by atoms with Crippen molar-refractivity contribution in [1.82, 2.24) is 19.6 Å². The van der Waals surface area contributed by atoms with Gasteiger partial charge in [-0.05, 0) is 48.4 Å². The molecular weight excluding hydrogens is 515 g/mol. The number of hydrogen-bond donors (Lipinski definition) is 0. The highest BCUT2D eigenvalue weighted by Crippen LogP contribution is 2.39. The lowest BCUT2D eigenvalue weighted by atomic mass is 9.95. The maximum absolute atomic E-state index is 13.9. The van der Waals surface area contributed by atoms with E-state index >= 15 is 0 Å². The number of carbonyl (C=O) groups is 4. The smallest absolute Gasteiger partial charge is 0.256 e. The Morgan fingerprint density at radius 1 is 0.800 bits per heavy atom. The van der Waals surface area contributed by atoms with Gasteiger partial charge in [-0.25, -0.2) is 4.39 Å². The van der Waals surface area contributed by atoms with E-state index in [-0.39, 0.29) is 29.9 Å². The highest BCUT2D eigenvalue weighted by molar-refractivity contribution is 5.98. The van der Waals surface area contributed by atoms with Gasteiger partial charge in [-0.1, -0.05) is 19.1 Å². The summed E-state index contributed by atoms with van der Waals surface area (Å²) in [6, 6.07) is 12.0. The highest BCUT2D eigenvalue weighted by Gasteiger charge is 2.55. The second-order valence-electron chi connectivity index (χ2n) is 10.6. The van der Waals surface area contributed by atoms with Crippen LogP contribution in [0.3, 0.4) is 0 Å². The molecule has 0 bridgehead atoms. The number of rotatable bonds is 4. The second-order valence-corrected chi connectivity index (χ2v) is 10.6. The Hall–Kier alpha value is -3.79. The lowest BCUT2D eigenvalue weighted by Crippen LogP contribution is -2.61. The Balaban J connectivity index is 1.36. The van der Waals surface area contributed by atoms with Crippen LogP contribution in [-0.4, -0.2) is 101 Å². The molecule has 0 unspecified atom stereocenters. The Labute approximate surface area is 233 Å². The van der Waals surface area contributed by atoms with Crippen molar-refractivity contribution in [1.29, 1.82) is 0 Å². The Morgan fingerprint density at radius 3 is 1.93 bits per heavy atom. The third-order valence-corrected chi connectivity index (χ3v) is 8.33. The van der Waals surface area contributed by atoms with E-state index < -0.39 is 23.5 Å². The Bertz CT molecular complexity index is 1270. The quantitative estimate of drug-likeness (QED) is 0.584. The predicted molar refractivity (Wildman–Crippen MR) is 145 cm³/mol. The molecule has 40 heavy (non-hydrogen) atoms. The van der Waals surface area contributed by atoms with Crippen LogP contribution in [0.4, 0.5) is 4.39 Å². The number of hydrogen-bond acceptors (Lipinski definition) is 5. The van der Waals surface area contributed by atoms with Crippen LogP contribution in [0.1, 0.15) is 53.0 Å². The van der Waals surface area contributed by atoms with E-state index in [1.807, 2.05) is 24.3 Å². The van der Waals surface area contributed by atoms with Crippen molar-refractivity contribution in [2.75, 3.05) is 45.9 Å². The van der Waals surface area contributed by atoms with Gasteiger partial charge in [-0.15, -0.1) is 0 Å². The molecule has 3 saturated heterocycles. The molecule has 0 saturated carbocycles. The number of carbonyl (C=O) groups excluding carboxylic acids is 4. The summed E-state index contributed by atoms with van der Waals surface area (Å²) >= 11 is 0. The highest BCUT2D eigenvalue weighted by atomic mass is 19.1. The van der Waals surface area contributed by atoms with Gasteiger partial charge in [0.05, 0.1) is 6.61 Å². The molecule has 1 spiro atoms. The number of nitrogens with zero attached hydrogens (tertiary/aromatic N) is 4. The van der Waals surface area contributed by atoms with Gasteiger partial charge in [0.1, 0.15) is 17.6 Å². The van der Waals surface area contributed by atoms with Gasteiger partial charge in [-0.3, -0.25) is 24.1 Å². The summed E-state index contributed by atoms with van der Waals surface area (Å²) in [5, 5.41) is 0. The lowest BCUT2D eigenvalue weighted by Gasteiger charge is -2.45. The van der Waals surface area contributed by atoms with Crippen molar-refractivity contribution in [3.63, 3.8) is 0 Å². The average molecular weight is 551 g/mol. The minimum Gasteiger partial charge on any atom is -0.353 e. The van der Waals surface area contributed by atoms with Gasteiger partial charge in [0, 0.05) is 70.2 Å². The monoisotopic (exact) mass is 550 g/mol. The first-order valence-corrected chi connectivity index (χ1v) is 13.9. The van der Waals surface area contributed by atoms with E-state index in [4.69, 9.17) is 4.74 Å². The molecule has 10 heteroatoms. The fourth-order valence-corrected chi connectivity index (χ4v) is 5.86. The van der Waals surface area contributed by atoms with E-state index in [0.717, 1.165) is 12.0 Å². The third kappa shape index (κ3) is 5.32. The van der Waals surface area contributed by atoms with Crippen molar-refractivity contribution < 1.29 is 28.3 Å². The number of amides is 4. The zero-order valence-electron chi connectivity index (χ0n) is 23.0. The first-order chi connectivity index (χ1) is 19.2. The van der Waals surface area contributed by atoms with Crippen LogP contribution in [0.25, 0.3) is 0 Å². The van der Waals surface area contributed by atoms with Crippen molar-refractivity contribution in [2.45, 2.75) is 44.9 Å². The summed E-state index contributed by atoms with van der Waals surface area (Å²) in [4.78, 5) is 59.2. The van der Waals surface area contributed by atoms with Crippen molar-refractivity contribution in [2.24, 2.45) is 0 Å². The first kappa shape index (κ1) is 27.8. The minimum absolute atomic E-state index is 0.0329. The summed E-state index contributed by atoms with van der Waals surface area (Å²) in [5.41, 5.74) is 0.968. The first-order valence-electron chi connectivity index (χ1n) is 13.9. The lowest BCUT2D eigenvalue weighted by molar-refractivity contribution is -0.142. The molecule has 0 aromatic heterocycles. The van der Waals surface area contributed by atoms with Gasteiger partial charge < -0.3 is 19.4 Å². The zero-order valence-corrected chi connectivity index (χ0v) is 23.0. The van der Waals surface area contributed by atoms with Gasteiger partial charge in [0.2, 0.25) is 11.8 Å². The maximum atomic E-state index is 13.9. The van der Waals surface area contributed by atoms with E-state index in [1.165, 1.54) is 36.1 Å². The molecular formula is C30H35FN4O5. The molecule has 9 nitrogen and oxygen atoms in total. The molecule has 3 aliphatic heterocycles. The van der Waals surface area contributed by atoms with Crippen LogP contribution < -0.4 is 0 Å². The summed E-state index contributed by atoms with van der Waals surface area (Å²) < 4.78 is 19.9. The molecule has 0 aliphatic carbocycles. The predicted octanol–water partition coefficient (Wildman–Crippen LogP) is 2.55. The summed E-state index contributed by atoms with van der Waals surface area (Å²) in [6.07, 6.45) is 1.59. The number of ether oxygens (including phenoxy) is 1. The minimum atomic E-state index is -1.06. The molecule has 212 valence electrons. The van der Waals surface area contributed by atoms with Crippen molar-refractivity contribution in [3.8, 4) is 0 Å². The number of aryl methyl sites for hydroxylation is 1. The maximum Gasteiger partial charge on any atom is 0.256 e. The largest absolute Gasteiger partial charge is 0.353 e.